The van der Waals surface area contributed by atoms with E-state index in [0.717, 1.165) is 42.0 Å². The zero-order valence-electron chi connectivity index (χ0n) is 20.5. The molecule has 0 aliphatic carbocycles. The molecule has 3 amide bonds. The Kier molecular flexibility index (Phi) is 8.19. The molecule has 0 saturated carbocycles. The van der Waals surface area contributed by atoms with E-state index in [-0.39, 0.29) is 23.6 Å². The van der Waals surface area contributed by atoms with E-state index in [1.807, 2.05) is 41.3 Å². The minimum absolute atomic E-state index is 0.0412. The van der Waals surface area contributed by atoms with E-state index in [1.165, 1.54) is 10.5 Å². The molecule has 9 heteroatoms. The Bertz CT molecular complexity index is 1400. The van der Waals surface area contributed by atoms with Gasteiger partial charge in [0.05, 0.1) is 11.4 Å². The van der Waals surface area contributed by atoms with Crippen molar-refractivity contribution in [2.75, 3.05) is 26.2 Å². The van der Waals surface area contributed by atoms with E-state index in [0.29, 0.717) is 34.1 Å². The van der Waals surface area contributed by atoms with Crippen molar-refractivity contribution in [3.8, 4) is 0 Å². The monoisotopic (exact) mass is 565 g/mol. The Morgan fingerprint density at radius 3 is 2.29 bits per heavy atom. The van der Waals surface area contributed by atoms with Crippen LogP contribution >= 0.6 is 35.0 Å². The van der Waals surface area contributed by atoms with Gasteiger partial charge in [0, 0.05) is 48.3 Å². The molecule has 0 unspecified atom stereocenters. The van der Waals surface area contributed by atoms with Crippen molar-refractivity contribution in [1.29, 1.82) is 0 Å². The van der Waals surface area contributed by atoms with Crippen LogP contribution < -0.4 is 0 Å². The summed E-state index contributed by atoms with van der Waals surface area (Å²) in [5.74, 6) is -0.394. The Hall–Kier alpha value is -3.10. The third-order valence-corrected chi connectivity index (χ3v) is 7.91. The molecule has 3 aromatic carbocycles. The largest absolute Gasteiger partial charge is 0.336 e. The Balaban J connectivity index is 1.21. The summed E-state index contributed by atoms with van der Waals surface area (Å²) in [5, 5.41) is 0.943. The lowest BCUT2D eigenvalue weighted by atomic mass is 10.1. The van der Waals surface area contributed by atoms with Crippen LogP contribution in [0.15, 0.2) is 77.7 Å². The molecule has 0 spiro atoms. The molecule has 2 aliphatic rings. The van der Waals surface area contributed by atoms with Crippen LogP contribution in [0.5, 0.6) is 0 Å². The van der Waals surface area contributed by atoms with Gasteiger partial charge in [-0.1, -0.05) is 59.6 Å². The fourth-order valence-electron chi connectivity index (χ4n) is 4.51. The molecule has 0 N–H and O–H groups in total. The molecule has 194 valence electrons. The van der Waals surface area contributed by atoms with Crippen molar-refractivity contribution in [2.24, 2.45) is 0 Å². The lowest BCUT2D eigenvalue weighted by Crippen LogP contribution is -2.48. The molecule has 0 aromatic heterocycles. The second-order valence-corrected chi connectivity index (χ2v) is 11.1. The van der Waals surface area contributed by atoms with Gasteiger partial charge in [0.15, 0.2) is 0 Å². The van der Waals surface area contributed by atoms with Crippen LogP contribution in [0.4, 0.5) is 4.79 Å². The number of piperazine rings is 1. The minimum Gasteiger partial charge on any atom is -0.336 e. The van der Waals surface area contributed by atoms with Gasteiger partial charge < -0.3 is 4.90 Å². The summed E-state index contributed by atoms with van der Waals surface area (Å²) < 4.78 is 0. The first kappa shape index (κ1) is 26.5. The Morgan fingerprint density at radius 2 is 1.55 bits per heavy atom. The van der Waals surface area contributed by atoms with E-state index < -0.39 is 0 Å². The van der Waals surface area contributed by atoms with Crippen LogP contribution in [0, 0.1) is 0 Å². The van der Waals surface area contributed by atoms with Crippen molar-refractivity contribution < 1.29 is 14.4 Å². The van der Waals surface area contributed by atoms with E-state index in [2.05, 4.69) is 4.90 Å². The molecule has 2 saturated heterocycles. The third kappa shape index (κ3) is 6.30. The molecule has 2 heterocycles. The minimum atomic E-state index is -0.353. The lowest BCUT2D eigenvalue weighted by Gasteiger charge is -2.34. The van der Waals surface area contributed by atoms with Crippen molar-refractivity contribution in [2.45, 2.75) is 13.1 Å². The second kappa shape index (κ2) is 11.7. The standard InChI is InChI=1S/C29H25Cl2N3O3S/c30-24-9-7-20(8-10-24)18-32-11-13-33(14-12-32)27(35)23-5-1-3-21(15-23)17-26-28(36)34(29(37)38-26)19-22-4-2-6-25(31)16-22/h1-10,15-17H,11-14,18-19H2/b26-17-. The number of benzene rings is 3. The number of halogens is 2. The average Bonchev–Trinajstić information content (AvgIpc) is 3.17. The molecule has 2 aliphatic heterocycles. The van der Waals surface area contributed by atoms with Crippen LogP contribution in [0.3, 0.4) is 0 Å². The van der Waals surface area contributed by atoms with Crippen molar-refractivity contribution in [3.05, 3.63) is 110 Å². The summed E-state index contributed by atoms with van der Waals surface area (Å²) in [5.41, 5.74) is 3.23. The molecule has 6 nitrogen and oxygen atoms in total. The highest BCUT2D eigenvalue weighted by Crippen LogP contribution is 2.33. The maximum atomic E-state index is 13.2. The number of nitrogens with zero attached hydrogens (tertiary/aromatic N) is 3. The van der Waals surface area contributed by atoms with E-state index in [9.17, 15) is 14.4 Å². The molecule has 2 fully saturated rings. The van der Waals surface area contributed by atoms with Crippen molar-refractivity contribution in [1.82, 2.24) is 14.7 Å². The summed E-state index contributed by atoms with van der Waals surface area (Å²) in [6.07, 6.45) is 1.67. The summed E-state index contributed by atoms with van der Waals surface area (Å²) in [7, 11) is 0. The van der Waals surface area contributed by atoms with Gasteiger partial charge in [0.1, 0.15) is 0 Å². The fraction of sp³-hybridized carbons (Fsp3) is 0.207. The second-order valence-electron chi connectivity index (χ2n) is 9.22. The Morgan fingerprint density at radius 1 is 0.816 bits per heavy atom. The number of imide groups is 1. The molecule has 0 radical (unpaired) electrons. The number of carbonyl (C=O) groups is 3. The number of hydrogen-bond donors (Lipinski definition) is 0. The fourth-order valence-corrected chi connectivity index (χ4v) is 5.68. The summed E-state index contributed by atoms with van der Waals surface area (Å²) in [6.45, 7) is 3.83. The SMILES string of the molecule is O=C(c1cccc(/C=C2\SC(=O)N(Cc3cccc(Cl)c3)C2=O)c1)N1CCN(Cc2ccc(Cl)cc2)CC1. The smallest absolute Gasteiger partial charge is 0.293 e. The van der Waals surface area contributed by atoms with Gasteiger partial charge in [0.2, 0.25) is 0 Å². The van der Waals surface area contributed by atoms with Gasteiger partial charge in [-0.05, 0) is 70.9 Å². The predicted octanol–water partition coefficient (Wildman–Crippen LogP) is 6.19. The Labute approximate surface area is 235 Å². The highest BCUT2D eigenvalue weighted by molar-refractivity contribution is 8.18. The third-order valence-electron chi connectivity index (χ3n) is 6.51. The summed E-state index contributed by atoms with van der Waals surface area (Å²) in [4.78, 5) is 44.4. The first-order chi connectivity index (χ1) is 18.4. The zero-order chi connectivity index (χ0) is 26.6. The molecular weight excluding hydrogens is 541 g/mol. The lowest BCUT2D eigenvalue weighted by molar-refractivity contribution is -0.123. The summed E-state index contributed by atoms with van der Waals surface area (Å²) in [6, 6.07) is 22.1. The van der Waals surface area contributed by atoms with Crippen LogP contribution in [-0.4, -0.2) is 57.9 Å². The normalized spacial score (nSPS) is 17.5. The highest BCUT2D eigenvalue weighted by Gasteiger charge is 2.35. The molecule has 0 bridgehead atoms. The van der Waals surface area contributed by atoms with Crippen molar-refractivity contribution >= 4 is 58.1 Å². The quantitative estimate of drug-likeness (QED) is 0.333. The van der Waals surface area contributed by atoms with Gasteiger partial charge >= 0.3 is 0 Å². The predicted molar refractivity (Wildman–Crippen MR) is 152 cm³/mol. The van der Waals surface area contributed by atoms with Crippen LogP contribution in [0.2, 0.25) is 10.0 Å². The van der Waals surface area contributed by atoms with Gasteiger partial charge in [-0.15, -0.1) is 0 Å². The van der Waals surface area contributed by atoms with Gasteiger partial charge in [-0.3, -0.25) is 24.2 Å². The van der Waals surface area contributed by atoms with E-state index in [1.54, 1.807) is 42.5 Å². The molecular formula is C29H25Cl2N3O3S. The number of carbonyl (C=O) groups excluding carboxylic acids is 3. The van der Waals surface area contributed by atoms with Gasteiger partial charge in [-0.2, -0.15) is 0 Å². The average molecular weight is 567 g/mol. The van der Waals surface area contributed by atoms with Crippen LogP contribution in [0.25, 0.3) is 6.08 Å². The van der Waals surface area contributed by atoms with E-state index in [4.69, 9.17) is 23.2 Å². The number of rotatable bonds is 6. The van der Waals surface area contributed by atoms with Crippen molar-refractivity contribution in [3.63, 3.8) is 0 Å². The first-order valence-corrected chi connectivity index (χ1v) is 13.8. The first-order valence-electron chi connectivity index (χ1n) is 12.2. The molecule has 0 atom stereocenters. The molecule has 3 aromatic rings. The highest BCUT2D eigenvalue weighted by atomic mass is 35.5. The number of thioether (sulfide) groups is 1. The zero-order valence-corrected chi connectivity index (χ0v) is 22.8. The molecule has 38 heavy (non-hydrogen) atoms. The number of amides is 3. The maximum Gasteiger partial charge on any atom is 0.293 e. The van der Waals surface area contributed by atoms with Gasteiger partial charge in [-0.25, -0.2) is 0 Å². The van der Waals surface area contributed by atoms with Gasteiger partial charge in [0.25, 0.3) is 17.1 Å². The summed E-state index contributed by atoms with van der Waals surface area (Å²) >= 11 is 12.9. The molecule has 5 rings (SSSR count). The maximum absolute atomic E-state index is 13.2. The van der Waals surface area contributed by atoms with Crippen LogP contribution in [-0.2, 0) is 17.9 Å². The topological polar surface area (TPSA) is 60.9 Å². The van der Waals surface area contributed by atoms with E-state index >= 15 is 0 Å². The number of hydrogen-bond acceptors (Lipinski definition) is 5. The van der Waals surface area contributed by atoms with Crippen LogP contribution in [0.1, 0.15) is 27.0 Å².